The standard InChI is InChI=1S/C13H9F3O5/c14-13(15,16)9-4-2-1-3-8(9)10(18)5-7(17)6-11(19)12(20)21/h1-4,6,19H,5H2,(H,20,21)/b11-6-. The topological polar surface area (TPSA) is 91.7 Å². The largest absolute Gasteiger partial charge is 0.502 e. The van der Waals surface area contributed by atoms with Crippen LogP contribution in [0.4, 0.5) is 13.2 Å². The predicted octanol–water partition coefficient (Wildman–Crippen LogP) is 2.37. The molecule has 8 heteroatoms. The fraction of sp³-hybridized carbons (Fsp3) is 0.154. The van der Waals surface area contributed by atoms with E-state index in [1.807, 2.05) is 0 Å². The Hall–Kier alpha value is -2.64. The molecule has 2 N–H and O–H groups in total. The number of benzene rings is 1. The lowest BCUT2D eigenvalue weighted by molar-refractivity contribution is -0.138. The van der Waals surface area contributed by atoms with Gasteiger partial charge in [-0.3, -0.25) is 9.59 Å². The van der Waals surface area contributed by atoms with Crippen LogP contribution in [0.1, 0.15) is 22.3 Å². The molecule has 0 unspecified atom stereocenters. The number of Topliss-reactive ketones (excluding diaryl/α,β-unsaturated/α-hetero) is 1. The van der Waals surface area contributed by atoms with Crippen LogP contribution in [0.15, 0.2) is 36.1 Å². The molecule has 21 heavy (non-hydrogen) atoms. The van der Waals surface area contributed by atoms with E-state index in [0.29, 0.717) is 6.07 Å². The van der Waals surface area contributed by atoms with E-state index in [2.05, 4.69) is 0 Å². The normalized spacial score (nSPS) is 12.0. The zero-order valence-corrected chi connectivity index (χ0v) is 10.3. The number of alkyl halides is 3. The third-order valence-electron chi connectivity index (χ3n) is 2.38. The van der Waals surface area contributed by atoms with E-state index in [4.69, 9.17) is 10.2 Å². The van der Waals surface area contributed by atoms with Crippen LogP contribution in [0, 0.1) is 0 Å². The maximum absolute atomic E-state index is 12.7. The maximum atomic E-state index is 12.7. The summed E-state index contributed by atoms with van der Waals surface area (Å²) in [6.07, 6.45) is -5.46. The summed E-state index contributed by atoms with van der Waals surface area (Å²) < 4.78 is 38.1. The minimum Gasteiger partial charge on any atom is -0.502 e. The van der Waals surface area contributed by atoms with Crippen LogP contribution in [0.2, 0.25) is 0 Å². The summed E-state index contributed by atoms with van der Waals surface area (Å²) in [6, 6.07) is 3.91. The lowest BCUT2D eigenvalue weighted by Crippen LogP contribution is -2.15. The van der Waals surface area contributed by atoms with Gasteiger partial charge < -0.3 is 10.2 Å². The zero-order valence-electron chi connectivity index (χ0n) is 10.3. The third-order valence-corrected chi connectivity index (χ3v) is 2.38. The number of carbonyl (C=O) groups is 3. The van der Waals surface area contributed by atoms with Crippen molar-refractivity contribution < 1.29 is 37.8 Å². The third kappa shape index (κ3) is 4.44. The van der Waals surface area contributed by atoms with Crippen LogP contribution in [-0.2, 0) is 15.8 Å². The highest BCUT2D eigenvalue weighted by molar-refractivity contribution is 6.13. The Morgan fingerprint density at radius 3 is 2.19 bits per heavy atom. The van der Waals surface area contributed by atoms with E-state index in [1.165, 1.54) is 6.07 Å². The van der Waals surface area contributed by atoms with E-state index in [0.717, 1.165) is 12.1 Å². The number of carboxylic acid groups (broad SMARTS) is 1. The predicted molar refractivity (Wildman–Crippen MR) is 63.7 cm³/mol. The summed E-state index contributed by atoms with van der Waals surface area (Å²) in [4.78, 5) is 33.3. The first kappa shape index (κ1) is 16.4. The number of hydrogen-bond acceptors (Lipinski definition) is 4. The first-order valence-electron chi connectivity index (χ1n) is 5.49. The smallest absolute Gasteiger partial charge is 0.417 e. The summed E-state index contributed by atoms with van der Waals surface area (Å²) in [6.45, 7) is 0. The molecule has 0 radical (unpaired) electrons. The van der Waals surface area contributed by atoms with Crippen LogP contribution >= 0.6 is 0 Å². The van der Waals surface area contributed by atoms with E-state index in [1.54, 1.807) is 0 Å². The molecule has 0 saturated carbocycles. The number of aliphatic hydroxyl groups excluding tert-OH is 1. The Morgan fingerprint density at radius 2 is 1.67 bits per heavy atom. The quantitative estimate of drug-likeness (QED) is 0.377. The fourth-order valence-electron chi connectivity index (χ4n) is 1.49. The Morgan fingerprint density at radius 1 is 1.10 bits per heavy atom. The second-order valence-electron chi connectivity index (χ2n) is 3.94. The van der Waals surface area contributed by atoms with Crippen molar-refractivity contribution >= 4 is 17.5 Å². The van der Waals surface area contributed by atoms with Crippen molar-refractivity contribution in [3.63, 3.8) is 0 Å². The van der Waals surface area contributed by atoms with Gasteiger partial charge >= 0.3 is 12.1 Å². The first-order chi connectivity index (χ1) is 9.62. The number of halogens is 3. The maximum Gasteiger partial charge on any atom is 0.417 e. The van der Waals surface area contributed by atoms with Crippen molar-refractivity contribution in [2.45, 2.75) is 12.6 Å². The molecule has 0 spiro atoms. The molecule has 0 bridgehead atoms. The highest BCUT2D eigenvalue weighted by Crippen LogP contribution is 2.32. The molecule has 0 saturated heterocycles. The van der Waals surface area contributed by atoms with Crippen LogP contribution in [-0.4, -0.2) is 27.7 Å². The van der Waals surface area contributed by atoms with E-state index < -0.39 is 47.0 Å². The summed E-state index contributed by atoms with van der Waals surface area (Å²) in [5.74, 6) is -5.32. The molecule has 1 rings (SSSR count). The van der Waals surface area contributed by atoms with Gasteiger partial charge in [-0.1, -0.05) is 18.2 Å². The molecule has 0 aromatic heterocycles. The lowest BCUT2D eigenvalue weighted by Gasteiger charge is -2.11. The van der Waals surface area contributed by atoms with E-state index in [9.17, 15) is 27.6 Å². The summed E-state index contributed by atoms with van der Waals surface area (Å²) in [7, 11) is 0. The lowest BCUT2D eigenvalue weighted by atomic mass is 9.99. The monoisotopic (exact) mass is 302 g/mol. The molecule has 0 aliphatic carbocycles. The minimum atomic E-state index is -4.76. The molecule has 0 heterocycles. The zero-order chi connectivity index (χ0) is 16.2. The van der Waals surface area contributed by atoms with E-state index >= 15 is 0 Å². The molecule has 5 nitrogen and oxygen atoms in total. The molecular formula is C13H9F3O5. The Bertz CT molecular complexity index is 616. The Balaban J connectivity index is 2.99. The summed E-state index contributed by atoms with van der Waals surface area (Å²) in [5, 5.41) is 17.1. The van der Waals surface area contributed by atoms with Gasteiger partial charge in [-0.15, -0.1) is 0 Å². The summed E-state index contributed by atoms with van der Waals surface area (Å²) in [5.41, 5.74) is -1.88. The number of carbonyl (C=O) groups excluding carboxylic acids is 2. The molecule has 0 aliphatic heterocycles. The van der Waals surface area contributed by atoms with Crippen molar-refractivity contribution in [3.05, 3.63) is 47.2 Å². The van der Waals surface area contributed by atoms with Crippen LogP contribution in [0.5, 0.6) is 0 Å². The number of aliphatic hydroxyl groups is 1. The molecular weight excluding hydrogens is 293 g/mol. The van der Waals surface area contributed by atoms with Crippen LogP contribution < -0.4 is 0 Å². The van der Waals surface area contributed by atoms with Gasteiger partial charge in [-0.25, -0.2) is 4.79 Å². The molecule has 1 aromatic carbocycles. The number of rotatable bonds is 5. The Kier molecular flexibility index (Phi) is 4.85. The second kappa shape index (κ2) is 6.21. The van der Waals surface area contributed by atoms with Gasteiger partial charge in [-0.05, 0) is 6.07 Å². The van der Waals surface area contributed by atoms with Gasteiger partial charge in [0.05, 0.1) is 12.0 Å². The fourth-order valence-corrected chi connectivity index (χ4v) is 1.49. The number of carboxylic acids is 1. The van der Waals surface area contributed by atoms with Crippen molar-refractivity contribution in [1.82, 2.24) is 0 Å². The van der Waals surface area contributed by atoms with Gasteiger partial charge in [0.25, 0.3) is 0 Å². The first-order valence-corrected chi connectivity index (χ1v) is 5.49. The minimum absolute atomic E-state index is 0.274. The van der Waals surface area contributed by atoms with Gasteiger partial charge in [0, 0.05) is 11.6 Å². The molecule has 0 aliphatic rings. The Labute approximate surface area is 116 Å². The second-order valence-corrected chi connectivity index (χ2v) is 3.94. The van der Waals surface area contributed by atoms with Gasteiger partial charge in [-0.2, -0.15) is 13.2 Å². The average molecular weight is 302 g/mol. The highest BCUT2D eigenvalue weighted by atomic mass is 19.4. The number of allylic oxidation sites excluding steroid dienone is 1. The molecule has 0 amide bonds. The van der Waals surface area contributed by atoms with Gasteiger partial charge in [0.1, 0.15) is 0 Å². The number of ketones is 2. The van der Waals surface area contributed by atoms with Crippen molar-refractivity contribution in [2.24, 2.45) is 0 Å². The molecule has 1 aromatic rings. The van der Waals surface area contributed by atoms with Crippen LogP contribution in [0.25, 0.3) is 0 Å². The molecule has 0 atom stereocenters. The average Bonchev–Trinajstić information content (AvgIpc) is 2.37. The molecule has 112 valence electrons. The SMILES string of the molecule is O=C(/C=C(\O)C(=O)O)CC(=O)c1ccccc1C(F)(F)F. The molecule has 0 fully saturated rings. The van der Waals surface area contributed by atoms with Gasteiger partial charge in [0.2, 0.25) is 5.76 Å². The van der Waals surface area contributed by atoms with Crippen molar-refractivity contribution in [2.75, 3.05) is 0 Å². The van der Waals surface area contributed by atoms with Crippen LogP contribution in [0.3, 0.4) is 0 Å². The summed E-state index contributed by atoms with van der Waals surface area (Å²) >= 11 is 0. The van der Waals surface area contributed by atoms with Crippen molar-refractivity contribution in [3.8, 4) is 0 Å². The number of hydrogen-bond donors (Lipinski definition) is 2. The van der Waals surface area contributed by atoms with Gasteiger partial charge in [0.15, 0.2) is 11.6 Å². The van der Waals surface area contributed by atoms with E-state index in [-0.39, 0.29) is 6.08 Å². The highest BCUT2D eigenvalue weighted by Gasteiger charge is 2.34. The van der Waals surface area contributed by atoms with Crippen molar-refractivity contribution in [1.29, 1.82) is 0 Å². The number of aliphatic carboxylic acids is 1.